The number of piperidine rings is 1. The van der Waals surface area contributed by atoms with E-state index in [1.807, 2.05) is 0 Å². The van der Waals surface area contributed by atoms with E-state index in [4.69, 9.17) is 0 Å². The van der Waals surface area contributed by atoms with Crippen LogP contribution in [0.15, 0.2) is 29.2 Å². The summed E-state index contributed by atoms with van der Waals surface area (Å²) in [6.45, 7) is 2.84. The number of sulfone groups is 1. The minimum absolute atomic E-state index is 0.0469. The molecule has 0 saturated carbocycles. The third-order valence-corrected chi connectivity index (χ3v) is 6.92. The molecule has 2 aliphatic heterocycles. The van der Waals surface area contributed by atoms with E-state index in [1.54, 1.807) is 0 Å². The monoisotopic (exact) mass is 369 g/mol. The molecule has 2 saturated heterocycles. The second kappa shape index (κ2) is 7.39. The Labute approximate surface area is 147 Å². The maximum absolute atomic E-state index is 12.9. The zero-order valence-electron chi connectivity index (χ0n) is 14.1. The van der Waals surface area contributed by atoms with E-state index in [0.717, 1.165) is 51.0 Å². The lowest BCUT2D eigenvalue weighted by atomic mass is 9.77. The maximum atomic E-state index is 12.9. The molecule has 0 bridgehead atoms. The van der Waals surface area contributed by atoms with E-state index in [-0.39, 0.29) is 34.6 Å². The van der Waals surface area contributed by atoms with Crippen molar-refractivity contribution >= 4 is 15.7 Å². The van der Waals surface area contributed by atoms with Crippen LogP contribution in [0.1, 0.15) is 19.3 Å². The molecule has 0 aromatic heterocycles. The van der Waals surface area contributed by atoms with Crippen LogP contribution < -0.4 is 16.0 Å². The molecule has 8 heteroatoms. The highest BCUT2D eigenvalue weighted by Crippen LogP contribution is 2.37. The van der Waals surface area contributed by atoms with Crippen molar-refractivity contribution in [3.63, 3.8) is 0 Å². The molecule has 6 nitrogen and oxygen atoms in total. The molecular formula is C17H24FN3O3S. The summed E-state index contributed by atoms with van der Waals surface area (Å²) in [6.07, 6.45) is 2.91. The Kier molecular flexibility index (Phi) is 5.41. The lowest BCUT2D eigenvalue weighted by molar-refractivity contribution is -0.122. The normalized spacial score (nSPS) is 22.8. The van der Waals surface area contributed by atoms with Gasteiger partial charge in [0.2, 0.25) is 5.91 Å². The summed E-state index contributed by atoms with van der Waals surface area (Å²) < 4.78 is 37.3. The Balaban J connectivity index is 1.49. The number of nitrogens with one attached hydrogen (secondary N) is 3. The van der Waals surface area contributed by atoms with Crippen molar-refractivity contribution in [1.29, 1.82) is 0 Å². The summed E-state index contributed by atoms with van der Waals surface area (Å²) in [5, 5.41) is 9.32. The van der Waals surface area contributed by atoms with Gasteiger partial charge >= 0.3 is 0 Å². The molecule has 138 valence electrons. The molecule has 2 heterocycles. The van der Waals surface area contributed by atoms with Gasteiger partial charge in [-0.2, -0.15) is 0 Å². The van der Waals surface area contributed by atoms with E-state index in [2.05, 4.69) is 16.0 Å². The van der Waals surface area contributed by atoms with E-state index in [9.17, 15) is 17.6 Å². The highest BCUT2D eigenvalue weighted by Gasteiger charge is 2.42. The molecule has 1 amide bonds. The van der Waals surface area contributed by atoms with Crippen molar-refractivity contribution < 1.29 is 17.6 Å². The molecule has 1 spiro atoms. The molecule has 1 aromatic rings. The molecule has 2 aliphatic rings. The topological polar surface area (TPSA) is 87.3 Å². The molecule has 3 rings (SSSR count). The minimum Gasteiger partial charge on any atom is -0.354 e. The van der Waals surface area contributed by atoms with Gasteiger partial charge < -0.3 is 16.0 Å². The van der Waals surface area contributed by atoms with Crippen molar-refractivity contribution in [2.75, 3.05) is 31.9 Å². The molecule has 1 atom stereocenters. The number of carbonyl (C=O) groups excluding carboxylic acids is 1. The fraction of sp³-hybridized carbons (Fsp3) is 0.588. The van der Waals surface area contributed by atoms with E-state index < -0.39 is 15.7 Å². The number of benzene rings is 1. The van der Waals surface area contributed by atoms with Crippen LogP contribution in [0.4, 0.5) is 4.39 Å². The Hall–Kier alpha value is -1.51. The largest absolute Gasteiger partial charge is 0.354 e. The van der Waals surface area contributed by atoms with Crippen LogP contribution in [-0.2, 0) is 14.6 Å². The first kappa shape index (κ1) is 18.3. The van der Waals surface area contributed by atoms with E-state index >= 15 is 0 Å². The predicted octanol–water partition coefficient (Wildman–Crippen LogP) is 0.447. The summed E-state index contributed by atoms with van der Waals surface area (Å²) in [7, 11) is -3.53. The summed E-state index contributed by atoms with van der Waals surface area (Å²) in [4.78, 5) is 12.4. The number of rotatable bonds is 5. The van der Waals surface area contributed by atoms with Crippen molar-refractivity contribution in [2.24, 2.45) is 5.41 Å². The maximum Gasteiger partial charge on any atom is 0.237 e. The highest BCUT2D eigenvalue weighted by atomic mass is 32.2. The van der Waals surface area contributed by atoms with Gasteiger partial charge in [-0.1, -0.05) is 0 Å². The molecular weight excluding hydrogens is 345 g/mol. The van der Waals surface area contributed by atoms with Gasteiger partial charge in [0, 0.05) is 13.1 Å². The van der Waals surface area contributed by atoms with Gasteiger partial charge in [0.05, 0.1) is 16.7 Å². The van der Waals surface area contributed by atoms with Crippen molar-refractivity contribution in [1.82, 2.24) is 16.0 Å². The van der Waals surface area contributed by atoms with Crippen molar-refractivity contribution in [2.45, 2.75) is 30.2 Å². The molecule has 0 radical (unpaired) electrons. The Morgan fingerprint density at radius 2 is 1.92 bits per heavy atom. The summed E-state index contributed by atoms with van der Waals surface area (Å²) >= 11 is 0. The highest BCUT2D eigenvalue weighted by molar-refractivity contribution is 7.91. The van der Waals surface area contributed by atoms with E-state index in [0.29, 0.717) is 0 Å². The van der Waals surface area contributed by atoms with Crippen LogP contribution >= 0.6 is 0 Å². The first-order chi connectivity index (χ1) is 11.9. The quantitative estimate of drug-likeness (QED) is 0.656. The number of amides is 1. The zero-order chi connectivity index (χ0) is 17.9. The SMILES string of the molecule is O=C(NCCS(=O)(=O)c1ccc(F)cc1)[C@@H]1CC2(CCNCC2)CN1. The van der Waals surface area contributed by atoms with E-state index in [1.165, 1.54) is 12.1 Å². The summed E-state index contributed by atoms with van der Waals surface area (Å²) in [5.41, 5.74) is 0.188. The molecule has 3 N–H and O–H groups in total. The molecule has 25 heavy (non-hydrogen) atoms. The molecule has 2 fully saturated rings. The lowest BCUT2D eigenvalue weighted by Gasteiger charge is -2.33. The zero-order valence-corrected chi connectivity index (χ0v) is 14.9. The second-order valence-corrected chi connectivity index (χ2v) is 9.06. The first-order valence-electron chi connectivity index (χ1n) is 8.60. The minimum atomic E-state index is -3.53. The number of carbonyl (C=O) groups is 1. The second-order valence-electron chi connectivity index (χ2n) is 6.95. The number of hydrogen-bond acceptors (Lipinski definition) is 5. The lowest BCUT2D eigenvalue weighted by Crippen LogP contribution is -2.42. The van der Waals surface area contributed by atoms with Crippen LogP contribution in [0, 0.1) is 11.2 Å². The van der Waals surface area contributed by atoms with Crippen LogP contribution in [0.3, 0.4) is 0 Å². The predicted molar refractivity (Wildman–Crippen MR) is 92.4 cm³/mol. The fourth-order valence-corrected chi connectivity index (χ4v) is 4.79. The first-order valence-corrected chi connectivity index (χ1v) is 10.3. The Morgan fingerprint density at radius 1 is 1.24 bits per heavy atom. The molecule has 0 aliphatic carbocycles. The van der Waals surface area contributed by atoms with Gasteiger partial charge in [0.1, 0.15) is 5.82 Å². The van der Waals surface area contributed by atoms with Crippen LogP contribution in [-0.4, -0.2) is 52.3 Å². The van der Waals surface area contributed by atoms with Crippen molar-refractivity contribution in [3.05, 3.63) is 30.1 Å². The summed E-state index contributed by atoms with van der Waals surface area (Å²) in [6, 6.07) is 4.46. The van der Waals surface area contributed by atoms with Gasteiger partial charge in [-0.3, -0.25) is 4.79 Å². The Morgan fingerprint density at radius 3 is 2.60 bits per heavy atom. The van der Waals surface area contributed by atoms with Crippen LogP contribution in [0.25, 0.3) is 0 Å². The molecule has 1 aromatic carbocycles. The van der Waals surface area contributed by atoms with Gasteiger partial charge in [-0.15, -0.1) is 0 Å². The third kappa shape index (κ3) is 4.37. The average Bonchev–Trinajstić information content (AvgIpc) is 2.99. The fourth-order valence-electron chi connectivity index (χ4n) is 3.63. The van der Waals surface area contributed by atoms with Crippen LogP contribution in [0.2, 0.25) is 0 Å². The summed E-state index contributed by atoms with van der Waals surface area (Å²) in [5.74, 6) is -0.831. The standard InChI is InChI=1S/C17H24FN3O3S/c18-13-1-3-14(4-2-13)25(23,24)10-9-20-16(22)15-11-17(12-21-15)5-7-19-8-6-17/h1-4,15,19,21H,5-12H2,(H,20,22)/t15-/m0/s1. The van der Waals surface area contributed by atoms with Crippen molar-refractivity contribution in [3.8, 4) is 0 Å². The average molecular weight is 369 g/mol. The van der Waals surface area contributed by atoms with Gasteiger partial charge in [0.25, 0.3) is 0 Å². The Bertz CT molecular complexity index is 715. The molecule has 0 unspecified atom stereocenters. The number of hydrogen-bond donors (Lipinski definition) is 3. The van der Waals surface area contributed by atoms with Gasteiger partial charge in [-0.05, 0) is 62.0 Å². The number of halogens is 1. The third-order valence-electron chi connectivity index (χ3n) is 5.18. The van der Waals surface area contributed by atoms with Gasteiger partial charge in [-0.25, -0.2) is 12.8 Å². The smallest absolute Gasteiger partial charge is 0.237 e. The van der Waals surface area contributed by atoms with Crippen LogP contribution in [0.5, 0.6) is 0 Å². The van der Waals surface area contributed by atoms with Gasteiger partial charge in [0.15, 0.2) is 9.84 Å².